The van der Waals surface area contributed by atoms with Crippen molar-refractivity contribution in [2.45, 2.75) is 0 Å². The van der Waals surface area contributed by atoms with Crippen LogP contribution >= 0.6 is 0 Å². The van der Waals surface area contributed by atoms with Crippen molar-refractivity contribution in [2.75, 3.05) is 20.8 Å². The van der Waals surface area contributed by atoms with Gasteiger partial charge in [-0.1, -0.05) is 6.58 Å². The molecule has 0 saturated heterocycles. The molecule has 0 saturated carbocycles. The molecule has 1 heterocycles. The molecular formula is C7H13N2+. The second-order valence-corrected chi connectivity index (χ2v) is 2.91. The molecule has 0 aromatic heterocycles. The minimum atomic E-state index is 0.923. The molecule has 50 valence electrons. The summed E-state index contributed by atoms with van der Waals surface area (Å²) >= 11 is 0. The lowest BCUT2D eigenvalue weighted by Gasteiger charge is -2.21. The molecule has 0 fully saturated rings. The molecule has 0 amide bonds. The van der Waals surface area contributed by atoms with Crippen LogP contribution in [0.15, 0.2) is 25.2 Å². The highest BCUT2D eigenvalue weighted by Gasteiger charge is 2.19. The summed E-state index contributed by atoms with van der Waals surface area (Å²) in [6, 6.07) is 0. The maximum atomic E-state index is 3.67. The lowest BCUT2D eigenvalue weighted by atomic mass is 10.7. The fraction of sp³-hybridized carbons (Fsp3) is 0.429. The van der Waals surface area contributed by atoms with Gasteiger partial charge in [-0.05, 0) is 0 Å². The minimum Gasteiger partial charge on any atom is -0.303 e. The normalized spacial score (nSPS) is 22.7. The Labute approximate surface area is 56.3 Å². The molecule has 9 heavy (non-hydrogen) atoms. The first-order chi connectivity index (χ1) is 4.14. The molecule has 0 N–H and O–H groups in total. The maximum Gasteiger partial charge on any atom is 0.161 e. The first-order valence-electron chi connectivity index (χ1n) is 3.04. The highest BCUT2D eigenvalue weighted by atomic mass is 15.4. The minimum absolute atomic E-state index is 0.923. The number of rotatable bonds is 1. The molecule has 1 aliphatic heterocycles. The van der Waals surface area contributed by atoms with Crippen LogP contribution in [-0.4, -0.2) is 30.1 Å². The van der Waals surface area contributed by atoms with Crippen molar-refractivity contribution in [1.82, 2.24) is 4.90 Å². The van der Waals surface area contributed by atoms with E-state index in [1.54, 1.807) is 0 Å². The van der Waals surface area contributed by atoms with E-state index >= 15 is 0 Å². The molecule has 1 rings (SSSR count). The molecule has 2 nitrogen and oxygen atoms in total. The third kappa shape index (κ3) is 1.33. The fourth-order valence-corrected chi connectivity index (χ4v) is 0.900. The predicted molar refractivity (Wildman–Crippen MR) is 38.2 cm³/mol. The zero-order valence-corrected chi connectivity index (χ0v) is 6.04. The molecular weight excluding hydrogens is 112 g/mol. The summed E-state index contributed by atoms with van der Waals surface area (Å²) in [5.74, 6) is 0. The second-order valence-electron chi connectivity index (χ2n) is 2.91. The molecule has 0 aromatic carbocycles. The number of hydrogen-bond donors (Lipinski definition) is 0. The molecule has 0 bridgehead atoms. The second kappa shape index (κ2) is 1.88. The maximum absolute atomic E-state index is 3.67. The van der Waals surface area contributed by atoms with Gasteiger partial charge in [0.05, 0.1) is 20.3 Å². The molecule has 0 atom stereocenters. The molecule has 0 unspecified atom stereocenters. The molecule has 1 aliphatic rings. The Morgan fingerprint density at radius 3 is 2.56 bits per heavy atom. The fourth-order valence-electron chi connectivity index (χ4n) is 0.900. The predicted octanol–water partition coefficient (Wildman–Crippen LogP) is 0.951. The van der Waals surface area contributed by atoms with Crippen molar-refractivity contribution in [3.63, 3.8) is 0 Å². The van der Waals surface area contributed by atoms with Crippen molar-refractivity contribution >= 4 is 0 Å². The Morgan fingerprint density at radius 1 is 1.67 bits per heavy atom. The average molecular weight is 125 g/mol. The van der Waals surface area contributed by atoms with Crippen LogP contribution in [0.1, 0.15) is 0 Å². The monoisotopic (exact) mass is 125 g/mol. The van der Waals surface area contributed by atoms with E-state index in [0.717, 1.165) is 11.2 Å². The van der Waals surface area contributed by atoms with Crippen molar-refractivity contribution in [2.24, 2.45) is 0 Å². The van der Waals surface area contributed by atoms with E-state index in [-0.39, 0.29) is 0 Å². The van der Waals surface area contributed by atoms with Crippen molar-refractivity contribution in [3.05, 3.63) is 25.2 Å². The highest BCUT2D eigenvalue weighted by molar-refractivity contribution is 4.86. The number of quaternary nitrogens is 1. The summed E-state index contributed by atoms with van der Waals surface area (Å²) in [4.78, 5) is 2.07. The van der Waals surface area contributed by atoms with Gasteiger partial charge in [0.15, 0.2) is 6.67 Å². The van der Waals surface area contributed by atoms with E-state index in [2.05, 4.69) is 31.8 Å². The van der Waals surface area contributed by atoms with Gasteiger partial charge in [-0.15, -0.1) is 0 Å². The van der Waals surface area contributed by atoms with Crippen molar-refractivity contribution in [3.8, 4) is 0 Å². The van der Waals surface area contributed by atoms with Gasteiger partial charge in [0.1, 0.15) is 6.20 Å². The number of hydrogen-bond acceptors (Lipinski definition) is 1. The lowest BCUT2D eigenvalue weighted by Crippen LogP contribution is -2.34. The van der Waals surface area contributed by atoms with Gasteiger partial charge in [-0.3, -0.25) is 4.48 Å². The SMILES string of the molecule is C=CN1C=C[N+](C)(C)C1. The summed E-state index contributed by atoms with van der Waals surface area (Å²) in [5, 5.41) is 0. The van der Waals surface area contributed by atoms with Gasteiger partial charge >= 0.3 is 0 Å². The quantitative estimate of drug-likeness (QED) is 0.472. The first kappa shape index (κ1) is 6.36. The molecule has 0 radical (unpaired) electrons. The molecule has 0 aromatic rings. The summed E-state index contributed by atoms with van der Waals surface area (Å²) in [7, 11) is 4.31. The third-order valence-electron chi connectivity index (χ3n) is 1.42. The summed E-state index contributed by atoms with van der Waals surface area (Å²) < 4.78 is 0.923. The van der Waals surface area contributed by atoms with E-state index in [4.69, 9.17) is 0 Å². The van der Waals surface area contributed by atoms with Gasteiger partial charge in [0.2, 0.25) is 0 Å². The van der Waals surface area contributed by atoms with E-state index in [9.17, 15) is 0 Å². The van der Waals surface area contributed by atoms with E-state index in [1.165, 1.54) is 0 Å². The number of nitrogens with zero attached hydrogens (tertiary/aromatic N) is 2. The van der Waals surface area contributed by atoms with Crippen LogP contribution in [0.3, 0.4) is 0 Å². The zero-order chi connectivity index (χ0) is 6.91. The Kier molecular flexibility index (Phi) is 1.33. The van der Waals surface area contributed by atoms with Crippen LogP contribution in [-0.2, 0) is 0 Å². The van der Waals surface area contributed by atoms with Crippen molar-refractivity contribution in [1.29, 1.82) is 0 Å². The van der Waals surface area contributed by atoms with Crippen LogP contribution in [0.2, 0.25) is 0 Å². The summed E-state index contributed by atoms with van der Waals surface area (Å²) in [6.45, 7) is 4.68. The van der Waals surface area contributed by atoms with Gasteiger partial charge in [-0.25, -0.2) is 0 Å². The van der Waals surface area contributed by atoms with Crippen LogP contribution in [0.4, 0.5) is 0 Å². The van der Waals surface area contributed by atoms with Gasteiger partial charge < -0.3 is 4.90 Å². The lowest BCUT2D eigenvalue weighted by molar-refractivity contribution is -0.840. The highest BCUT2D eigenvalue weighted by Crippen LogP contribution is 2.10. The molecule has 2 heteroatoms. The molecule has 0 aliphatic carbocycles. The Morgan fingerprint density at radius 2 is 2.33 bits per heavy atom. The Hall–Kier alpha value is -0.760. The molecule has 0 spiro atoms. The van der Waals surface area contributed by atoms with Crippen LogP contribution in [0.25, 0.3) is 0 Å². The summed E-state index contributed by atoms with van der Waals surface area (Å²) in [6.07, 6.45) is 6.03. The van der Waals surface area contributed by atoms with E-state index < -0.39 is 0 Å². The van der Waals surface area contributed by atoms with Crippen molar-refractivity contribution < 1.29 is 4.48 Å². The van der Waals surface area contributed by atoms with E-state index in [0.29, 0.717) is 0 Å². The summed E-state index contributed by atoms with van der Waals surface area (Å²) in [5.41, 5.74) is 0. The van der Waals surface area contributed by atoms with Crippen LogP contribution < -0.4 is 0 Å². The standard InChI is InChI=1S/C7H13N2/c1-4-8-5-6-9(2,3)7-8/h4-6H,1,7H2,2-3H3/q+1. The van der Waals surface area contributed by atoms with E-state index in [1.807, 2.05) is 12.4 Å². The third-order valence-corrected chi connectivity index (χ3v) is 1.42. The zero-order valence-electron chi connectivity index (χ0n) is 6.04. The first-order valence-corrected chi connectivity index (χ1v) is 3.04. The largest absolute Gasteiger partial charge is 0.303 e. The van der Waals surface area contributed by atoms with Gasteiger partial charge in [-0.2, -0.15) is 0 Å². The van der Waals surface area contributed by atoms with Crippen LogP contribution in [0.5, 0.6) is 0 Å². The topological polar surface area (TPSA) is 3.24 Å². The average Bonchev–Trinajstić information content (AvgIpc) is 2.10. The Balaban J connectivity index is 2.59. The Bertz CT molecular complexity index is 147. The van der Waals surface area contributed by atoms with Crippen LogP contribution in [0, 0.1) is 0 Å². The van der Waals surface area contributed by atoms with Gasteiger partial charge in [0, 0.05) is 6.20 Å². The van der Waals surface area contributed by atoms with Gasteiger partial charge in [0.25, 0.3) is 0 Å². The smallest absolute Gasteiger partial charge is 0.161 e.